The molecule has 2 N–H and O–H groups in total. The van der Waals surface area contributed by atoms with Crippen molar-refractivity contribution in [3.8, 4) is 0 Å². The molecule has 0 fully saturated rings. The molecule has 0 spiro atoms. The van der Waals surface area contributed by atoms with Crippen LogP contribution in [0.25, 0.3) is 0 Å². The quantitative estimate of drug-likeness (QED) is 0.456. The summed E-state index contributed by atoms with van der Waals surface area (Å²) in [6.07, 6.45) is 11.1. The Kier molecular flexibility index (Phi) is 15.3. The molecule has 4 nitrogen and oxygen atoms in total. The van der Waals surface area contributed by atoms with E-state index in [1.54, 1.807) is 0 Å². The van der Waals surface area contributed by atoms with Crippen LogP contribution in [0.3, 0.4) is 0 Å². The maximum atomic E-state index is 11.8. The summed E-state index contributed by atoms with van der Waals surface area (Å²) in [5.74, 6) is -1.05. The average Bonchev–Trinajstić information content (AvgIpc) is 2.54. The Morgan fingerprint density at radius 3 is 1.09 bits per heavy atom. The van der Waals surface area contributed by atoms with Crippen molar-refractivity contribution in [1.29, 1.82) is 0 Å². The van der Waals surface area contributed by atoms with E-state index in [1.165, 1.54) is 25.7 Å². The van der Waals surface area contributed by atoms with E-state index in [-0.39, 0.29) is 0 Å². The van der Waals surface area contributed by atoms with Crippen LogP contribution in [0.2, 0.25) is 0 Å². The number of nitrogens with one attached hydrogen (secondary N) is 2. The summed E-state index contributed by atoms with van der Waals surface area (Å²) in [7, 11) is 0. The molecule has 0 bridgehead atoms. The molecule has 0 aliphatic rings. The highest BCUT2D eigenvalue weighted by Gasteiger charge is 1.98. The number of hydrogen-bond donors (Lipinski definition) is 2. The van der Waals surface area contributed by atoms with Crippen LogP contribution in [0.15, 0.2) is 0 Å². The van der Waals surface area contributed by atoms with Gasteiger partial charge in [-0.3, -0.25) is 9.59 Å². The summed E-state index contributed by atoms with van der Waals surface area (Å²) >= 11 is 0. The second-order valence-corrected chi connectivity index (χ2v) is 5.50. The van der Waals surface area contributed by atoms with Crippen LogP contribution in [0, 0.1) is 0 Å². The van der Waals surface area contributed by atoms with Gasteiger partial charge in [-0.1, -0.05) is 51.4 Å². The van der Waals surface area contributed by atoms with Gasteiger partial charge in [0.15, 0.2) is 13.3 Å². The second kappa shape index (κ2) is 16.2. The normalized spacial score (nSPS) is 10.5. The van der Waals surface area contributed by atoms with Gasteiger partial charge in [-0.05, 0) is 12.8 Å². The monoisotopic (exact) mass is 320 g/mol. The molecule has 0 aliphatic carbocycles. The number of carbonyl (C=O) groups excluding carboxylic acids is 2. The number of rotatable bonds is 15. The van der Waals surface area contributed by atoms with E-state index in [4.69, 9.17) is 0 Å². The van der Waals surface area contributed by atoms with E-state index in [0.29, 0.717) is 13.1 Å². The first-order valence-electron chi connectivity index (χ1n) is 8.36. The second-order valence-electron chi connectivity index (χ2n) is 5.50. The van der Waals surface area contributed by atoms with Crippen molar-refractivity contribution in [1.82, 2.24) is 10.6 Å². The van der Waals surface area contributed by atoms with Gasteiger partial charge in [-0.15, -0.1) is 0 Å². The fraction of sp³-hybridized carbons (Fsp3) is 0.875. The predicted molar refractivity (Wildman–Crippen MR) is 84.1 cm³/mol. The lowest BCUT2D eigenvalue weighted by Gasteiger charge is -2.04. The number of carbonyl (C=O) groups is 2. The summed E-state index contributed by atoms with van der Waals surface area (Å²) in [6, 6.07) is 0. The van der Waals surface area contributed by atoms with Gasteiger partial charge in [0.05, 0.1) is 0 Å². The van der Waals surface area contributed by atoms with Crippen molar-refractivity contribution < 1.29 is 18.4 Å². The molecule has 0 aromatic heterocycles. The van der Waals surface area contributed by atoms with Crippen LogP contribution < -0.4 is 10.6 Å². The standard InChI is InChI=1S/C16H30F2N2O2/c17-13-15(21)19-11-9-7-5-3-1-2-4-6-8-10-12-20-16(22)14-18/h1-14H2,(H,19,21)(H,20,22). The number of hydrogen-bond acceptors (Lipinski definition) is 2. The Bertz CT molecular complexity index is 261. The molecular weight excluding hydrogens is 290 g/mol. The van der Waals surface area contributed by atoms with Gasteiger partial charge in [-0.2, -0.15) is 0 Å². The zero-order valence-corrected chi connectivity index (χ0v) is 13.5. The highest BCUT2D eigenvalue weighted by molar-refractivity contribution is 5.77. The summed E-state index contributed by atoms with van der Waals surface area (Å²) < 4.78 is 23.7. The molecule has 0 unspecified atom stereocenters. The molecule has 6 heteroatoms. The SMILES string of the molecule is O=C(CF)NCCCCCCCCCCCCNC(=O)CF. The summed E-state index contributed by atoms with van der Waals surface area (Å²) in [5.41, 5.74) is 0. The van der Waals surface area contributed by atoms with Crippen molar-refractivity contribution in [2.75, 3.05) is 26.4 Å². The molecule has 0 saturated carbocycles. The Morgan fingerprint density at radius 2 is 0.818 bits per heavy atom. The van der Waals surface area contributed by atoms with Crippen molar-refractivity contribution in [2.24, 2.45) is 0 Å². The first kappa shape index (κ1) is 20.8. The van der Waals surface area contributed by atoms with E-state index >= 15 is 0 Å². The smallest absolute Gasteiger partial charge is 0.251 e. The molecule has 0 atom stereocenters. The maximum Gasteiger partial charge on any atom is 0.251 e. The Labute approximate surface area is 132 Å². The molecular formula is C16H30F2N2O2. The lowest BCUT2D eigenvalue weighted by atomic mass is 10.1. The first-order chi connectivity index (χ1) is 10.7. The average molecular weight is 320 g/mol. The molecule has 22 heavy (non-hydrogen) atoms. The van der Waals surface area contributed by atoms with Gasteiger partial charge in [0.2, 0.25) is 0 Å². The lowest BCUT2D eigenvalue weighted by Crippen LogP contribution is -2.25. The van der Waals surface area contributed by atoms with E-state index < -0.39 is 25.2 Å². The number of alkyl halides is 2. The molecule has 0 aromatic carbocycles. The largest absolute Gasteiger partial charge is 0.354 e. The van der Waals surface area contributed by atoms with Gasteiger partial charge < -0.3 is 10.6 Å². The maximum absolute atomic E-state index is 11.8. The van der Waals surface area contributed by atoms with E-state index in [1.807, 2.05) is 0 Å². The minimum atomic E-state index is -0.928. The van der Waals surface area contributed by atoms with Crippen molar-refractivity contribution >= 4 is 11.8 Å². The van der Waals surface area contributed by atoms with Crippen molar-refractivity contribution in [2.45, 2.75) is 64.2 Å². The van der Waals surface area contributed by atoms with Crippen molar-refractivity contribution in [3.63, 3.8) is 0 Å². The molecule has 2 amide bonds. The molecule has 0 aliphatic heterocycles. The van der Waals surface area contributed by atoms with Crippen molar-refractivity contribution in [3.05, 3.63) is 0 Å². The minimum absolute atomic E-state index is 0.524. The van der Waals surface area contributed by atoms with Crippen LogP contribution in [0.4, 0.5) is 8.78 Å². The number of amides is 2. The van der Waals surface area contributed by atoms with Crippen LogP contribution in [-0.2, 0) is 9.59 Å². The minimum Gasteiger partial charge on any atom is -0.354 e. The topological polar surface area (TPSA) is 58.2 Å². The third-order valence-electron chi connectivity index (χ3n) is 3.49. The molecule has 0 aromatic rings. The van der Waals surface area contributed by atoms with Gasteiger partial charge in [-0.25, -0.2) is 8.78 Å². The van der Waals surface area contributed by atoms with Crippen LogP contribution in [-0.4, -0.2) is 38.3 Å². The fourth-order valence-electron chi connectivity index (χ4n) is 2.21. The fourth-order valence-corrected chi connectivity index (χ4v) is 2.21. The number of halogens is 2. The lowest BCUT2D eigenvalue weighted by molar-refractivity contribution is -0.122. The first-order valence-corrected chi connectivity index (χ1v) is 8.36. The predicted octanol–water partition coefficient (Wildman–Crippen LogP) is 3.06. The van der Waals surface area contributed by atoms with Gasteiger partial charge in [0, 0.05) is 13.1 Å². The zero-order valence-electron chi connectivity index (χ0n) is 13.5. The van der Waals surface area contributed by atoms with Gasteiger partial charge >= 0.3 is 0 Å². The molecule has 0 heterocycles. The molecule has 130 valence electrons. The van der Waals surface area contributed by atoms with Crippen LogP contribution in [0.5, 0.6) is 0 Å². The van der Waals surface area contributed by atoms with Crippen LogP contribution >= 0.6 is 0 Å². The Hall–Kier alpha value is -1.20. The molecule has 0 saturated heterocycles. The van der Waals surface area contributed by atoms with E-state index in [0.717, 1.165) is 38.5 Å². The Balaban J connectivity index is 3.05. The third kappa shape index (κ3) is 15.2. The summed E-state index contributed by atoms with van der Waals surface area (Å²) in [4.78, 5) is 21.3. The highest BCUT2D eigenvalue weighted by Crippen LogP contribution is 2.10. The van der Waals surface area contributed by atoms with E-state index in [2.05, 4.69) is 10.6 Å². The highest BCUT2D eigenvalue weighted by atomic mass is 19.1. The summed E-state index contributed by atoms with van der Waals surface area (Å²) in [5, 5.41) is 5.04. The van der Waals surface area contributed by atoms with E-state index in [9.17, 15) is 18.4 Å². The van der Waals surface area contributed by atoms with Crippen LogP contribution in [0.1, 0.15) is 64.2 Å². The van der Waals surface area contributed by atoms with Gasteiger partial charge in [0.1, 0.15) is 0 Å². The number of unbranched alkanes of at least 4 members (excludes halogenated alkanes) is 9. The molecule has 0 radical (unpaired) electrons. The summed E-state index contributed by atoms with van der Waals surface area (Å²) in [6.45, 7) is -0.714. The zero-order chi connectivity index (χ0) is 16.5. The Morgan fingerprint density at radius 1 is 0.545 bits per heavy atom. The van der Waals surface area contributed by atoms with Gasteiger partial charge in [0.25, 0.3) is 11.8 Å². The third-order valence-corrected chi connectivity index (χ3v) is 3.49. The molecule has 0 rings (SSSR count).